The van der Waals surface area contributed by atoms with Gasteiger partial charge in [-0.3, -0.25) is 0 Å². The lowest BCUT2D eigenvalue weighted by Gasteiger charge is -2.24. The Morgan fingerprint density at radius 1 is 1.40 bits per heavy atom. The SMILES string of the molecule is CCC(C(=O)O)N(C)C(=O)Nc1c(Cl)cc(F)cc1Cl. The van der Waals surface area contributed by atoms with Gasteiger partial charge < -0.3 is 15.3 Å². The van der Waals surface area contributed by atoms with Crippen LogP contribution in [0.25, 0.3) is 0 Å². The highest BCUT2D eigenvalue weighted by molar-refractivity contribution is 6.39. The molecule has 1 atom stereocenters. The summed E-state index contributed by atoms with van der Waals surface area (Å²) in [5, 5.41) is 11.2. The Bertz CT molecular complexity index is 516. The average molecular weight is 323 g/mol. The highest BCUT2D eigenvalue weighted by Gasteiger charge is 2.25. The van der Waals surface area contributed by atoms with Crippen LogP contribution >= 0.6 is 23.2 Å². The summed E-state index contributed by atoms with van der Waals surface area (Å²) in [5.41, 5.74) is 0.0341. The van der Waals surface area contributed by atoms with E-state index >= 15 is 0 Å². The fraction of sp³-hybridized carbons (Fsp3) is 0.333. The number of anilines is 1. The lowest BCUT2D eigenvalue weighted by atomic mass is 10.2. The van der Waals surface area contributed by atoms with E-state index in [-0.39, 0.29) is 22.2 Å². The van der Waals surface area contributed by atoms with Crippen LogP contribution < -0.4 is 5.32 Å². The molecule has 0 aliphatic heterocycles. The third kappa shape index (κ3) is 3.74. The minimum atomic E-state index is -1.12. The van der Waals surface area contributed by atoms with Crippen molar-refractivity contribution >= 4 is 40.9 Å². The Hall–Kier alpha value is -1.53. The summed E-state index contributed by atoms with van der Waals surface area (Å²) in [6.45, 7) is 1.64. The number of nitrogens with zero attached hydrogens (tertiary/aromatic N) is 1. The molecule has 0 aromatic heterocycles. The number of urea groups is 1. The molecule has 0 aliphatic carbocycles. The predicted octanol–water partition coefficient (Wildman–Crippen LogP) is 3.46. The molecular weight excluding hydrogens is 310 g/mol. The molecule has 0 saturated carbocycles. The first kappa shape index (κ1) is 16.5. The number of amides is 2. The fourth-order valence-corrected chi connectivity index (χ4v) is 2.17. The summed E-state index contributed by atoms with van der Waals surface area (Å²) in [6, 6.07) is 0.317. The fourth-order valence-electron chi connectivity index (χ4n) is 1.61. The van der Waals surface area contributed by atoms with Gasteiger partial charge in [-0.05, 0) is 18.6 Å². The van der Waals surface area contributed by atoms with Crippen molar-refractivity contribution in [2.75, 3.05) is 12.4 Å². The van der Waals surface area contributed by atoms with Crippen LogP contribution in [-0.4, -0.2) is 35.1 Å². The molecule has 1 unspecified atom stereocenters. The van der Waals surface area contributed by atoms with Crippen LogP contribution in [0.4, 0.5) is 14.9 Å². The quantitative estimate of drug-likeness (QED) is 0.891. The summed E-state index contributed by atoms with van der Waals surface area (Å²) < 4.78 is 13.0. The summed E-state index contributed by atoms with van der Waals surface area (Å²) in [4.78, 5) is 23.9. The molecule has 1 aromatic carbocycles. The summed E-state index contributed by atoms with van der Waals surface area (Å²) in [6.07, 6.45) is 0.240. The van der Waals surface area contributed by atoms with Crippen molar-refractivity contribution in [3.8, 4) is 0 Å². The zero-order valence-corrected chi connectivity index (χ0v) is 12.3. The van der Waals surface area contributed by atoms with Crippen molar-refractivity contribution in [2.24, 2.45) is 0 Å². The number of rotatable bonds is 4. The summed E-state index contributed by atoms with van der Waals surface area (Å²) in [7, 11) is 1.34. The topological polar surface area (TPSA) is 69.6 Å². The minimum Gasteiger partial charge on any atom is -0.480 e. The van der Waals surface area contributed by atoms with E-state index in [4.69, 9.17) is 28.3 Å². The van der Waals surface area contributed by atoms with Gasteiger partial charge >= 0.3 is 12.0 Å². The van der Waals surface area contributed by atoms with E-state index in [0.29, 0.717) is 0 Å². The van der Waals surface area contributed by atoms with Crippen molar-refractivity contribution < 1.29 is 19.1 Å². The van der Waals surface area contributed by atoms with Crippen molar-refractivity contribution in [1.29, 1.82) is 0 Å². The normalized spacial score (nSPS) is 11.8. The first-order valence-corrected chi connectivity index (χ1v) is 6.44. The highest BCUT2D eigenvalue weighted by atomic mass is 35.5. The van der Waals surface area contributed by atoms with E-state index in [1.807, 2.05) is 0 Å². The second-order valence-electron chi connectivity index (χ2n) is 4.05. The van der Waals surface area contributed by atoms with Gasteiger partial charge in [0.05, 0.1) is 15.7 Å². The standard InChI is InChI=1S/C12H13Cl2FN2O3/c1-3-9(11(18)19)17(2)12(20)16-10-7(13)4-6(15)5-8(10)14/h4-5,9H,3H2,1-2H3,(H,16,20)(H,18,19). The van der Waals surface area contributed by atoms with E-state index in [1.165, 1.54) is 7.05 Å². The molecule has 110 valence electrons. The molecule has 0 bridgehead atoms. The number of carbonyl (C=O) groups is 2. The maximum absolute atomic E-state index is 13.0. The molecule has 0 saturated heterocycles. The number of aliphatic carboxylic acids is 1. The predicted molar refractivity (Wildman–Crippen MR) is 74.9 cm³/mol. The smallest absolute Gasteiger partial charge is 0.326 e. The third-order valence-corrected chi connectivity index (χ3v) is 3.29. The molecule has 0 aliphatic rings. The molecule has 1 rings (SSSR count). The lowest BCUT2D eigenvalue weighted by Crippen LogP contribution is -2.44. The Kier molecular flexibility index (Phi) is 5.59. The first-order chi connectivity index (χ1) is 9.27. The van der Waals surface area contributed by atoms with Gasteiger partial charge in [0.25, 0.3) is 0 Å². The van der Waals surface area contributed by atoms with Crippen LogP contribution in [0.15, 0.2) is 12.1 Å². The molecule has 8 heteroatoms. The molecule has 2 N–H and O–H groups in total. The Morgan fingerprint density at radius 2 is 1.90 bits per heavy atom. The molecule has 1 aromatic rings. The summed E-state index contributed by atoms with van der Waals surface area (Å²) in [5.74, 6) is -1.76. The molecule has 2 amide bonds. The molecule has 20 heavy (non-hydrogen) atoms. The van der Waals surface area contributed by atoms with Gasteiger partial charge in [0, 0.05) is 7.05 Å². The van der Waals surface area contributed by atoms with Gasteiger partial charge in [0.15, 0.2) is 0 Å². The maximum Gasteiger partial charge on any atom is 0.326 e. The molecule has 0 fully saturated rings. The number of hydrogen-bond donors (Lipinski definition) is 2. The van der Waals surface area contributed by atoms with Crippen LogP contribution in [-0.2, 0) is 4.79 Å². The average Bonchev–Trinajstić information content (AvgIpc) is 2.33. The van der Waals surface area contributed by atoms with Crippen LogP contribution in [0.5, 0.6) is 0 Å². The van der Waals surface area contributed by atoms with Crippen molar-refractivity contribution in [2.45, 2.75) is 19.4 Å². The van der Waals surface area contributed by atoms with Gasteiger partial charge in [-0.1, -0.05) is 30.1 Å². The van der Waals surface area contributed by atoms with Crippen LogP contribution in [0.1, 0.15) is 13.3 Å². The lowest BCUT2D eigenvalue weighted by molar-refractivity contribution is -0.141. The monoisotopic (exact) mass is 322 g/mol. The molecule has 0 heterocycles. The number of likely N-dealkylation sites (N-methyl/N-ethyl adjacent to an activating group) is 1. The maximum atomic E-state index is 13.0. The van der Waals surface area contributed by atoms with Crippen molar-refractivity contribution in [1.82, 2.24) is 4.90 Å². The second kappa shape index (κ2) is 6.76. The van der Waals surface area contributed by atoms with Gasteiger partial charge in [-0.2, -0.15) is 0 Å². The van der Waals surface area contributed by atoms with Gasteiger partial charge in [-0.15, -0.1) is 0 Å². The van der Waals surface area contributed by atoms with Gasteiger partial charge in [-0.25, -0.2) is 14.0 Å². The number of carboxylic acids is 1. The molecule has 0 radical (unpaired) electrons. The number of nitrogens with one attached hydrogen (secondary N) is 1. The number of hydrogen-bond acceptors (Lipinski definition) is 2. The molecule has 0 spiro atoms. The van der Waals surface area contributed by atoms with E-state index in [2.05, 4.69) is 5.32 Å². The molecule has 5 nitrogen and oxygen atoms in total. The first-order valence-electron chi connectivity index (χ1n) is 5.69. The number of halogens is 3. The summed E-state index contributed by atoms with van der Waals surface area (Å²) >= 11 is 11.6. The van der Waals surface area contributed by atoms with Gasteiger partial charge in [0.2, 0.25) is 0 Å². The third-order valence-electron chi connectivity index (χ3n) is 2.70. The van der Waals surface area contributed by atoms with E-state index in [9.17, 15) is 14.0 Å². The number of benzene rings is 1. The molecular formula is C12H13Cl2FN2O3. The van der Waals surface area contributed by atoms with Crippen molar-refractivity contribution in [3.63, 3.8) is 0 Å². The van der Waals surface area contributed by atoms with E-state index in [0.717, 1.165) is 17.0 Å². The second-order valence-corrected chi connectivity index (χ2v) is 4.86. The van der Waals surface area contributed by atoms with Crippen LogP contribution in [0, 0.1) is 5.82 Å². The zero-order chi connectivity index (χ0) is 15.4. The van der Waals surface area contributed by atoms with Gasteiger partial charge in [0.1, 0.15) is 11.9 Å². The highest BCUT2D eigenvalue weighted by Crippen LogP contribution is 2.31. The largest absolute Gasteiger partial charge is 0.480 e. The van der Waals surface area contributed by atoms with E-state index < -0.39 is 23.9 Å². The van der Waals surface area contributed by atoms with E-state index in [1.54, 1.807) is 6.92 Å². The number of carbonyl (C=O) groups excluding carboxylic acids is 1. The minimum absolute atomic E-state index is 0.0341. The Morgan fingerprint density at radius 3 is 2.30 bits per heavy atom. The Labute approximate surface area is 125 Å². The Balaban J connectivity index is 2.94. The van der Waals surface area contributed by atoms with Crippen LogP contribution in [0.2, 0.25) is 10.0 Å². The van der Waals surface area contributed by atoms with Crippen molar-refractivity contribution in [3.05, 3.63) is 28.0 Å². The zero-order valence-electron chi connectivity index (χ0n) is 10.8. The number of carboxylic acid groups (broad SMARTS) is 1. The van der Waals surface area contributed by atoms with Crippen LogP contribution in [0.3, 0.4) is 0 Å².